The second kappa shape index (κ2) is 8.23. The summed E-state index contributed by atoms with van der Waals surface area (Å²) < 4.78 is 37.4. The fourth-order valence-corrected chi connectivity index (χ4v) is 6.65. The van der Waals surface area contributed by atoms with Gasteiger partial charge >= 0.3 is 11.9 Å². The van der Waals surface area contributed by atoms with Gasteiger partial charge in [0.2, 0.25) is 5.76 Å². The van der Waals surface area contributed by atoms with E-state index < -0.39 is 38.3 Å². The molecule has 0 spiro atoms. The van der Waals surface area contributed by atoms with Crippen LogP contribution in [0.1, 0.15) is 12.0 Å². The fourth-order valence-electron chi connectivity index (χ4n) is 4.43. The summed E-state index contributed by atoms with van der Waals surface area (Å²) in [6.45, 7) is 0.139. The molecule has 2 aromatic carbocycles. The molecule has 2 aliphatic heterocycles. The number of sulfone groups is 1. The predicted molar refractivity (Wildman–Crippen MR) is 114 cm³/mol. The lowest BCUT2D eigenvalue weighted by Crippen LogP contribution is -2.50. The first kappa shape index (κ1) is 22.3. The third-order valence-corrected chi connectivity index (χ3v) is 8.26. The highest BCUT2D eigenvalue weighted by atomic mass is 35.5. The molecule has 168 valence electrons. The van der Waals surface area contributed by atoms with E-state index in [1.807, 2.05) is 0 Å². The van der Waals surface area contributed by atoms with Crippen LogP contribution in [-0.2, 0) is 39.3 Å². The van der Waals surface area contributed by atoms with E-state index in [1.54, 1.807) is 42.5 Å². The summed E-state index contributed by atoms with van der Waals surface area (Å²) >= 11 is 6.07. The van der Waals surface area contributed by atoms with Gasteiger partial charge in [0, 0.05) is 11.6 Å². The molecule has 0 radical (unpaired) electrons. The number of hydrogen-bond donors (Lipinski definition) is 0. The lowest BCUT2D eigenvalue weighted by Gasteiger charge is -2.36. The number of halogens is 1. The van der Waals surface area contributed by atoms with Gasteiger partial charge in [-0.2, -0.15) is 0 Å². The summed E-state index contributed by atoms with van der Waals surface area (Å²) in [6, 6.07) is 14.3. The van der Waals surface area contributed by atoms with Crippen molar-refractivity contribution < 1.29 is 32.3 Å². The van der Waals surface area contributed by atoms with Crippen molar-refractivity contribution in [2.45, 2.75) is 22.1 Å². The summed E-state index contributed by atoms with van der Waals surface area (Å²) in [5, 5.41) is 0.614. The Kier molecular flexibility index (Phi) is 5.74. The Labute approximate surface area is 190 Å². The van der Waals surface area contributed by atoms with Gasteiger partial charge in [-0.05, 0) is 36.2 Å². The SMILES string of the molecule is COC(=O)C1=C(C(=O)OC)[C@]2(c3ccc(Cl)cc3)[C@@H](S(=O)(=O)c3ccccc3)CCN2O1. The van der Waals surface area contributed by atoms with Crippen LogP contribution in [0.5, 0.6) is 0 Å². The molecule has 2 aliphatic rings. The molecule has 2 atom stereocenters. The minimum absolute atomic E-state index is 0.0934. The maximum atomic E-state index is 13.8. The number of carbonyl (C=O) groups is 2. The van der Waals surface area contributed by atoms with E-state index in [0.29, 0.717) is 10.6 Å². The number of ether oxygens (including phenoxy) is 2. The predicted octanol–water partition coefficient (Wildman–Crippen LogP) is 2.63. The molecule has 0 aliphatic carbocycles. The summed E-state index contributed by atoms with van der Waals surface area (Å²) in [6.07, 6.45) is 0.148. The standard InChI is InChI=1S/C22H20ClNO7S/c1-29-20(25)18-19(21(26)30-2)31-24-13-12-17(32(27,28)16-6-4-3-5-7-16)22(18,24)14-8-10-15(23)11-9-14/h3-11,17H,12-13H2,1-2H3/t17-,22-/m0/s1. The molecule has 1 saturated heterocycles. The lowest BCUT2D eigenvalue weighted by atomic mass is 9.80. The number of carbonyl (C=O) groups excluding carboxylic acids is 2. The zero-order chi connectivity index (χ0) is 23.1. The molecule has 8 nitrogen and oxygen atoms in total. The van der Waals surface area contributed by atoms with Gasteiger partial charge in [0.05, 0.1) is 24.4 Å². The van der Waals surface area contributed by atoms with Crippen molar-refractivity contribution in [2.75, 3.05) is 20.8 Å². The Balaban J connectivity index is 2.05. The molecule has 0 N–H and O–H groups in total. The van der Waals surface area contributed by atoms with Crippen molar-refractivity contribution in [1.29, 1.82) is 0 Å². The van der Waals surface area contributed by atoms with Crippen LogP contribution in [0, 0.1) is 0 Å². The molecule has 2 heterocycles. The average Bonchev–Trinajstić information content (AvgIpc) is 3.34. The number of esters is 2. The normalized spacial score (nSPS) is 22.9. The number of hydrogen-bond acceptors (Lipinski definition) is 8. The summed E-state index contributed by atoms with van der Waals surface area (Å²) in [4.78, 5) is 31.4. The van der Waals surface area contributed by atoms with Crippen LogP contribution in [0.4, 0.5) is 0 Å². The summed E-state index contributed by atoms with van der Waals surface area (Å²) in [5.41, 5.74) is -1.45. The van der Waals surface area contributed by atoms with E-state index >= 15 is 0 Å². The molecule has 1 fully saturated rings. The fraction of sp³-hybridized carbons (Fsp3) is 0.273. The number of rotatable bonds is 5. The van der Waals surface area contributed by atoms with Crippen LogP contribution < -0.4 is 0 Å². The zero-order valence-electron chi connectivity index (χ0n) is 17.3. The average molecular weight is 478 g/mol. The van der Waals surface area contributed by atoms with Gasteiger partial charge in [0.1, 0.15) is 11.1 Å². The number of benzene rings is 2. The number of hydroxylamine groups is 2. The molecular formula is C22H20ClNO7S. The molecule has 0 aromatic heterocycles. The van der Waals surface area contributed by atoms with Crippen molar-refractivity contribution in [3.63, 3.8) is 0 Å². The van der Waals surface area contributed by atoms with Gasteiger partial charge in [-0.15, -0.1) is 5.06 Å². The van der Waals surface area contributed by atoms with Crippen LogP contribution in [0.2, 0.25) is 5.02 Å². The van der Waals surface area contributed by atoms with Crippen molar-refractivity contribution in [3.05, 3.63) is 76.5 Å². The van der Waals surface area contributed by atoms with Crippen LogP contribution in [0.25, 0.3) is 0 Å². The highest BCUT2D eigenvalue weighted by molar-refractivity contribution is 7.92. The second-order valence-corrected chi connectivity index (χ2v) is 9.86. The zero-order valence-corrected chi connectivity index (χ0v) is 18.9. The van der Waals surface area contributed by atoms with E-state index in [-0.39, 0.29) is 23.4 Å². The Hall–Kier alpha value is -2.88. The van der Waals surface area contributed by atoms with Crippen molar-refractivity contribution >= 4 is 33.4 Å². The highest BCUT2D eigenvalue weighted by Gasteiger charge is 2.66. The first-order valence-electron chi connectivity index (χ1n) is 9.70. The van der Waals surface area contributed by atoms with Gasteiger partial charge in [-0.25, -0.2) is 18.0 Å². The Morgan fingerprint density at radius 1 is 1.03 bits per heavy atom. The quantitative estimate of drug-likeness (QED) is 0.606. The van der Waals surface area contributed by atoms with Crippen LogP contribution in [-0.4, -0.2) is 51.4 Å². The molecule has 0 amide bonds. The van der Waals surface area contributed by atoms with Crippen molar-refractivity contribution in [3.8, 4) is 0 Å². The van der Waals surface area contributed by atoms with E-state index in [1.165, 1.54) is 17.2 Å². The molecule has 4 rings (SSSR count). The van der Waals surface area contributed by atoms with E-state index in [4.69, 9.17) is 25.9 Å². The maximum Gasteiger partial charge on any atom is 0.376 e. The lowest BCUT2D eigenvalue weighted by molar-refractivity contribution is -0.162. The van der Waals surface area contributed by atoms with E-state index in [2.05, 4.69) is 0 Å². The molecule has 0 unspecified atom stereocenters. The minimum Gasteiger partial charge on any atom is -0.465 e. The Morgan fingerprint density at radius 2 is 1.66 bits per heavy atom. The largest absolute Gasteiger partial charge is 0.465 e. The monoisotopic (exact) mass is 477 g/mol. The number of nitrogens with zero attached hydrogens (tertiary/aromatic N) is 1. The van der Waals surface area contributed by atoms with E-state index in [9.17, 15) is 18.0 Å². The van der Waals surface area contributed by atoms with E-state index in [0.717, 1.165) is 14.2 Å². The van der Waals surface area contributed by atoms with Gasteiger partial charge in [0.15, 0.2) is 9.84 Å². The first-order chi connectivity index (χ1) is 15.3. The molecule has 32 heavy (non-hydrogen) atoms. The third-order valence-electron chi connectivity index (χ3n) is 5.75. The van der Waals surface area contributed by atoms with Gasteiger partial charge in [-0.1, -0.05) is 41.9 Å². The van der Waals surface area contributed by atoms with Crippen LogP contribution in [0.15, 0.2) is 70.8 Å². The summed E-state index contributed by atoms with van der Waals surface area (Å²) in [7, 11) is -1.69. The Morgan fingerprint density at radius 3 is 2.25 bits per heavy atom. The van der Waals surface area contributed by atoms with Crippen LogP contribution in [0.3, 0.4) is 0 Å². The maximum absolute atomic E-state index is 13.8. The first-order valence-corrected chi connectivity index (χ1v) is 11.6. The van der Waals surface area contributed by atoms with Crippen LogP contribution >= 0.6 is 11.6 Å². The summed E-state index contributed by atoms with van der Waals surface area (Å²) in [5.74, 6) is -2.20. The smallest absolute Gasteiger partial charge is 0.376 e. The molecular weight excluding hydrogens is 458 g/mol. The Bertz CT molecular complexity index is 1190. The molecule has 0 saturated carbocycles. The second-order valence-electron chi connectivity index (χ2n) is 7.29. The number of methoxy groups -OCH3 is 2. The number of fused-ring (bicyclic) bond motifs is 1. The van der Waals surface area contributed by atoms with Gasteiger partial charge < -0.3 is 14.3 Å². The third kappa shape index (κ3) is 3.19. The highest BCUT2D eigenvalue weighted by Crippen LogP contribution is 2.54. The molecule has 2 aromatic rings. The topological polar surface area (TPSA) is 99.2 Å². The van der Waals surface area contributed by atoms with Crippen molar-refractivity contribution in [2.24, 2.45) is 0 Å². The van der Waals surface area contributed by atoms with Crippen molar-refractivity contribution in [1.82, 2.24) is 5.06 Å². The molecule has 10 heteroatoms. The van der Waals surface area contributed by atoms with Gasteiger partial charge in [0.25, 0.3) is 0 Å². The molecule has 0 bridgehead atoms. The minimum atomic E-state index is -3.99. The van der Waals surface area contributed by atoms with Gasteiger partial charge in [-0.3, -0.25) is 0 Å².